The number of rotatable bonds is 7. The molecule has 3 aromatic rings. The number of carboxylic acids is 2. The minimum atomic E-state index is -5.08. The number of anilines is 2. The number of carbonyl (C=O) groups excluding carboxylic acids is 1. The van der Waals surface area contributed by atoms with Crippen molar-refractivity contribution in [3.05, 3.63) is 65.6 Å². The summed E-state index contributed by atoms with van der Waals surface area (Å²) in [5.74, 6) is -5.31. The van der Waals surface area contributed by atoms with Gasteiger partial charge in [-0.2, -0.15) is 26.3 Å². The molecule has 6 N–H and O–H groups in total. The molecule has 0 unspecified atom stereocenters. The Hall–Kier alpha value is -5.04. The number of fused-ring (bicyclic) bond motifs is 1. The number of nitrogen functional groups attached to an aromatic ring is 1. The Morgan fingerprint density at radius 3 is 2.17 bits per heavy atom. The highest BCUT2D eigenvalue weighted by molar-refractivity contribution is 5.96. The predicted molar refractivity (Wildman–Crippen MR) is 153 cm³/mol. The van der Waals surface area contributed by atoms with Crippen molar-refractivity contribution in [1.82, 2.24) is 20.2 Å². The number of likely N-dealkylation sites (N-methyl/N-ethyl adjacent to an activating group) is 1. The highest BCUT2D eigenvalue weighted by atomic mass is 19.4. The minimum Gasteiger partial charge on any atom is -0.490 e. The lowest BCUT2D eigenvalue weighted by Gasteiger charge is -2.26. The first-order chi connectivity index (χ1) is 21.8. The number of amides is 1. The molecule has 0 bridgehead atoms. The lowest BCUT2D eigenvalue weighted by atomic mass is 9.95. The van der Waals surface area contributed by atoms with Gasteiger partial charge in [-0.15, -0.1) is 0 Å². The molecule has 256 valence electrons. The van der Waals surface area contributed by atoms with Crippen LogP contribution in [0.3, 0.4) is 0 Å². The van der Waals surface area contributed by atoms with Crippen molar-refractivity contribution >= 4 is 29.5 Å². The van der Waals surface area contributed by atoms with Crippen molar-refractivity contribution < 1.29 is 60.1 Å². The first kappa shape index (κ1) is 38.1. The number of carbonyl (C=O) groups is 3. The lowest BCUT2D eigenvalue weighted by molar-refractivity contribution is -0.193. The van der Waals surface area contributed by atoms with Gasteiger partial charge in [0, 0.05) is 24.8 Å². The van der Waals surface area contributed by atoms with Crippen molar-refractivity contribution in [3.8, 4) is 17.0 Å². The van der Waals surface area contributed by atoms with E-state index in [1.807, 2.05) is 31.1 Å². The number of aliphatic carboxylic acids is 2. The van der Waals surface area contributed by atoms with Crippen molar-refractivity contribution in [2.75, 3.05) is 38.3 Å². The minimum absolute atomic E-state index is 0.181. The first-order valence-corrected chi connectivity index (χ1v) is 13.2. The van der Waals surface area contributed by atoms with Gasteiger partial charge >= 0.3 is 24.3 Å². The average molecular weight is 679 g/mol. The third kappa shape index (κ3) is 12.7. The molecule has 0 aliphatic carbocycles. The zero-order chi connectivity index (χ0) is 35.5. The average Bonchev–Trinajstić information content (AvgIpc) is 2.97. The van der Waals surface area contributed by atoms with Gasteiger partial charge in [0.15, 0.2) is 0 Å². The van der Waals surface area contributed by atoms with Crippen LogP contribution in [-0.4, -0.2) is 88.6 Å². The maximum Gasteiger partial charge on any atom is 0.490 e. The first-order valence-electron chi connectivity index (χ1n) is 13.2. The third-order valence-corrected chi connectivity index (χ3v) is 5.94. The summed E-state index contributed by atoms with van der Waals surface area (Å²) >= 11 is 0. The number of nitrogens with one attached hydrogen (secondary N) is 2. The number of carboxylic acid groups (broad SMARTS) is 2. The largest absolute Gasteiger partial charge is 0.490 e. The van der Waals surface area contributed by atoms with Crippen LogP contribution < -0.4 is 21.1 Å². The van der Waals surface area contributed by atoms with Crippen LogP contribution in [0, 0.1) is 5.82 Å². The summed E-state index contributed by atoms with van der Waals surface area (Å²) in [5.41, 5.74) is 9.57. The Kier molecular flexibility index (Phi) is 13.4. The van der Waals surface area contributed by atoms with Crippen molar-refractivity contribution in [2.24, 2.45) is 0 Å². The van der Waals surface area contributed by atoms with E-state index in [9.17, 15) is 35.5 Å². The van der Waals surface area contributed by atoms with E-state index in [0.29, 0.717) is 43.2 Å². The number of nitrogens with two attached hydrogens (primary N) is 1. The normalized spacial score (nSPS) is 14.0. The van der Waals surface area contributed by atoms with Crippen LogP contribution in [0.25, 0.3) is 11.3 Å². The molecule has 1 aliphatic heterocycles. The van der Waals surface area contributed by atoms with Gasteiger partial charge in [-0.1, -0.05) is 12.1 Å². The summed E-state index contributed by atoms with van der Waals surface area (Å²) in [6.45, 7) is 1.66. The van der Waals surface area contributed by atoms with E-state index in [-0.39, 0.29) is 17.7 Å². The molecule has 0 fully saturated rings. The maximum atomic E-state index is 13.6. The second kappa shape index (κ2) is 16.5. The van der Waals surface area contributed by atoms with Gasteiger partial charge in [-0.05, 0) is 62.0 Å². The number of ether oxygens (including phenoxy) is 1. The number of halogens is 7. The third-order valence-electron chi connectivity index (χ3n) is 5.94. The Labute approximate surface area is 262 Å². The van der Waals surface area contributed by atoms with Crippen LogP contribution in [0.2, 0.25) is 0 Å². The van der Waals surface area contributed by atoms with Crippen molar-refractivity contribution in [3.63, 3.8) is 0 Å². The molecule has 1 atom stereocenters. The summed E-state index contributed by atoms with van der Waals surface area (Å²) < 4.78 is 83.1. The number of hydrogen-bond acceptors (Lipinski definition) is 9. The van der Waals surface area contributed by atoms with Crippen LogP contribution >= 0.6 is 0 Å². The van der Waals surface area contributed by atoms with Gasteiger partial charge in [0.1, 0.15) is 18.2 Å². The molecular formula is C28H29F7N6O6. The van der Waals surface area contributed by atoms with Gasteiger partial charge in [0.25, 0.3) is 0 Å². The van der Waals surface area contributed by atoms with Crippen molar-refractivity contribution in [1.29, 1.82) is 0 Å². The molecule has 2 heterocycles. The molecule has 1 amide bonds. The Morgan fingerprint density at radius 2 is 1.62 bits per heavy atom. The van der Waals surface area contributed by atoms with Gasteiger partial charge in [-0.25, -0.2) is 23.9 Å². The van der Waals surface area contributed by atoms with E-state index in [0.717, 1.165) is 16.7 Å². The lowest BCUT2D eigenvalue weighted by Crippen LogP contribution is -2.44. The standard InChI is InChI=1S/C24H27FN6O2.2C2HF3O2/c1-31(2)9-10-33-22-13-15(19-7-8-27-24(26)30-19)4-6-20(22)29-23(32)21-12-17-11-18(25)5-3-16(17)14-28-21;2*3-2(4,5)1(6)7/h3-8,11,13,21,28H,9-10,12,14H2,1-2H3,(H,29,32)(H2,26,27,30);2*(H,6,7)/t21-;;/m1../s1. The molecule has 12 nitrogen and oxygen atoms in total. The number of benzene rings is 2. The van der Waals surface area contributed by atoms with E-state index >= 15 is 0 Å². The zero-order valence-corrected chi connectivity index (χ0v) is 24.6. The fraction of sp³-hybridized carbons (Fsp3) is 0.321. The highest BCUT2D eigenvalue weighted by Crippen LogP contribution is 2.31. The van der Waals surface area contributed by atoms with Gasteiger partial charge in [0.05, 0.1) is 17.4 Å². The predicted octanol–water partition coefficient (Wildman–Crippen LogP) is 3.72. The van der Waals surface area contributed by atoms with Crippen LogP contribution in [0.1, 0.15) is 11.1 Å². The SMILES string of the molecule is CN(C)CCOc1cc(-c2ccnc(N)n2)ccc1NC(=O)[C@H]1Cc2cc(F)ccc2CN1.O=C(O)C(F)(F)F.O=C(O)C(F)(F)F. The van der Waals surface area contributed by atoms with Gasteiger partial charge < -0.3 is 36.2 Å². The Balaban J connectivity index is 0.000000459. The van der Waals surface area contributed by atoms with Crippen LogP contribution in [0.4, 0.5) is 42.4 Å². The quantitative estimate of drug-likeness (QED) is 0.230. The molecule has 47 heavy (non-hydrogen) atoms. The second-order valence-corrected chi connectivity index (χ2v) is 9.81. The molecule has 0 spiro atoms. The zero-order valence-electron chi connectivity index (χ0n) is 24.6. The number of nitrogens with zero attached hydrogens (tertiary/aromatic N) is 3. The molecule has 0 saturated heterocycles. The second-order valence-electron chi connectivity index (χ2n) is 9.81. The maximum absolute atomic E-state index is 13.6. The van der Waals surface area contributed by atoms with Crippen LogP contribution in [-0.2, 0) is 27.3 Å². The van der Waals surface area contributed by atoms with Gasteiger partial charge in [0.2, 0.25) is 11.9 Å². The number of hydrogen-bond donors (Lipinski definition) is 5. The highest BCUT2D eigenvalue weighted by Gasteiger charge is 2.39. The van der Waals surface area contributed by atoms with E-state index in [2.05, 4.69) is 20.6 Å². The van der Waals surface area contributed by atoms with Crippen LogP contribution in [0.5, 0.6) is 5.75 Å². The molecule has 0 saturated carbocycles. The summed E-state index contributed by atoms with van der Waals surface area (Å²) in [6, 6.07) is 11.4. The molecule has 1 aliphatic rings. The fourth-order valence-electron chi connectivity index (χ4n) is 3.66. The molecule has 19 heteroatoms. The van der Waals surface area contributed by atoms with Crippen LogP contribution in [0.15, 0.2) is 48.7 Å². The van der Waals surface area contributed by atoms with E-state index in [1.165, 1.54) is 12.1 Å². The monoisotopic (exact) mass is 678 g/mol. The topological polar surface area (TPSA) is 180 Å². The molecule has 4 rings (SSSR count). The van der Waals surface area contributed by atoms with Crippen molar-refractivity contribution in [2.45, 2.75) is 31.4 Å². The van der Waals surface area contributed by atoms with Gasteiger partial charge in [-0.3, -0.25) is 4.79 Å². The smallest absolute Gasteiger partial charge is 0.490 e. The Bertz CT molecular complexity index is 1530. The molecule has 1 aromatic heterocycles. The molecule has 0 radical (unpaired) electrons. The van der Waals surface area contributed by atoms with E-state index in [1.54, 1.807) is 24.4 Å². The summed E-state index contributed by atoms with van der Waals surface area (Å²) in [5, 5.41) is 20.4. The summed E-state index contributed by atoms with van der Waals surface area (Å²) in [7, 11) is 3.92. The number of aromatic nitrogens is 2. The van der Waals surface area contributed by atoms with E-state index in [4.69, 9.17) is 30.3 Å². The summed E-state index contributed by atoms with van der Waals surface area (Å²) in [4.78, 5) is 41.0. The van der Waals surface area contributed by atoms with E-state index < -0.39 is 30.3 Å². The summed E-state index contributed by atoms with van der Waals surface area (Å²) in [6.07, 6.45) is -8.16. The Morgan fingerprint density at radius 1 is 1.00 bits per heavy atom. The molecule has 2 aromatic carbocycles. The fourth-order valence-corrected chi connectivity index (χ4v) is 3.66. The number of alkyl halides is 6. The molecular weight excluding hydrogens is 649 g/mol.